The molecule has 0 aliphatic carbocycles. The zero-order chi connectivity index (χ0) is 15.7. The highest BCUT2D eigenvalue weighted by Crippen LogP contribution is 2.29. The van der Waals surface area contributed by atoms with E-state index in [9.17, 15) is 4.79 Å². The van der Waals surface area contributed by atoms with E-state index in [0.717, 1.165) is 12.0 Å². The molecule has 1 aromatic rings. The molecule has 0 aliphatic rings. The number of ether oxygens (including phenoxy) is 1. The fraction of sp³-hybridized carbons (Fsp3) is 0.500. The summed E-state index contributed by atoms with van der Waals surface area (Å²) < 4.78 is 3.32. The highest BCUT2D eigenvalue weighted by molar-refractivity contribution is 6.68. The van der Waals surface area contributed by atoms with Crippen LogP contribution in [-0.2, 0) is 16.0 Å². The second kappa shape index (κ2) is 9.49. The molecule has 0 saturated heterocycles. The Hall–Kier alpha value is -0.520. The number of hydrogen-bond donors (Lipinski definition) is 2. The van der Waals surface area contributed by atoms with E-state index in [2.05, 4.69) is 10.6 Å². The van der Waals surface area contributed by atoms with Crippen LogP contribution in [-0.4, -0.2) is 36.1 Å². The average Bonchev–Trinajstić information content (AvgIpc) is 2.42. The maximum atomic E-state index is 12.0. The van der Waals surface area contributed by atoms with Crippen LogP contribution in [0.1, 0.15) is 12.0 Å². The summed E-state index contributed by atoms with van der Waals surface area (Å²) in [5, 5.41) is 5.70. The van der Waals surface area contributed by atoms with Gasteiger partial charge in [-0.3, -0.25) is 10.1 Å². The van der Waals surface area contributed by atoms with Crippen LogP contribution in [0.25, 0.3) is 0 Å². The fourth-order valence-corrected chi connectivity index (χ4v) is 2.10. The van der Waals surface area contributed by atoms with Gasteiger partial charge in [-0.05, 0) is 18.5 Å². The lowest BCUT2D eigenvalue weighted by atomic mass is 10.1. The molecule has 0 heterocycles. The van der Waals surface area contributed by atoms with Crippen molar-refractivity contribution in [1.29, 1.82) is 0 Å². The van der Waals surface area contributed by atoms with Crippen LogP contribution in [0.4, 0.5) is 0 Å². The molecule has 21 heavy (non-hydrogen) atoms. The van der Waals surface area contributed by atoms with E-state index in [1.54, 1.807) is 7.11 Å². The Balaban J connectivity index is 2.49. The molecule has 7 heteroatoms. The lowest BCUT2D eigenvalue weighted by Crippen LogP contribution is -2.54. The Labute approximate surface area is 140 Å². The molecule has 1 amide bonds. The van der Waals surface area contributed by atoms with E-state index in [4.69, 9.17) is 39.5 Å². The smallest absolute Gasteiger partial charge is 0.225 e. The molecule has 0 aromatic heterocycles. The Morgan fingerprint density at radius 1 is 1.29 bits per heavy atom. The normalized spacial score (nSPS) is 13.0. The molecule has 0 fully saturated rings. The van der Waals surface area contributed by atoms with Gasteiger partial charge in [-0.2, -0.15) is 0 Å². The minimum absolute atomic E-state index is 0.211. The van der Waals surface area contributed by atoms with E-state index >= 15 is 0 Å². The van der Waals surface area contributed by atoms with Gasteiger partial charge in [0.25, 0.3) is 0 Å². The third-order valence-corrected chi connectivity index (χ3v) is 3.37. The summed E-state index contributed by atoms with van der Waals surface area (Å²) in [4.78, 5) is 12.0. The van der Waals surface area contributed by atoms with Gasteiger partial charge in [-0.15, -0.1) is 0 Å². The summed E-state index contributed by atoms with van der Waals surface area (Å²) in [5.74, 6) is -0.211. The van der Waals surface area contributed by atoms with Crippen LogP contribution in [0.15, 0.2) is 30.3 Å². The SMILES string of the molecule is COCCCNC(NC(=O)Cc1ccccc1)C(Cl)(Cl)Cl. The number of hydrogen-bond acceptors (Lipinski definition) is 3. The minimum atomic E-state index is -1.63. The van der Waals surface area contributed by atoms with E-state index in [1.165, 1.54) is 0 Å². The lowest BCUT2D eigenvalue weighted by Gasteiger charge is -2.26. The molecule has 0 aliphatic heterocycles. The number of halogens is 3. The molecule has 1 aromatic carbocycles. The van der Waals surface area contributed by atoms with E-state index in [-0.39, 0.29) is 12.3 Å². The highest BCUT2D eigenvalue weighted by atomic mass is 35.6. The Kier molecular flexibility index (Phi) is 8.37. The molecular weight excluding hydrogens is 335 g/mol. The largest absolute Gasteiger partial charge is 0.385 e. The number of nitrogens with one attached hydrogen (secondary N) is 2. The zero-order valence-electron chi connectivity index (χ0n) is 11.7. The predicted octanol–water partition coefficient (Wildman–Crippen LogP) is 2.67. The van der Waals surface area contributed by atoms with Gasteiger partial charge < -0.3 is 10.1 Å². The maximum absolute atomic E-state index is 12.0. The summed E-state index contributed by atoms with van der Waals surface area (Å²) >= 11 is 17.6. The monoisotopic (exact) mass is 352 g/mol. The first-order chi connectivity index (χ1) is 9.93. The van der Waals surface area contributed by atoms with Crippen molar-refractivity contribution in [2.75, 3.05) is 20.3 Å². The topological polar surface area (TPSA) is 50.4 Å². The second-order valence-electron chi connectivity index (χ2n) is 4.50. The third kappa shape index (κ3) is 7.88. The first-order valence-corrected chi connectivity index (χ1v) is 7.69. The zero-order valence-corrected chi connectivity index (χ0v) is 14.0. The van der Waals surface area contributed by atoms with Crippen molar-refractivity contribution in [2.24, 2.45) is 0 Å². The molecule has 2 N–H and O–H groups in total. The number of alkyl halides is 3. The lowest BCUT2D eigenvalue weighted by molar-refractivity contribution is -0.121. The molecule has 0 radical (unpaired) electrons. The van der Waals surface area contributed by atoms with Gasteiger partial charge in [-0.1, -0.05) is 65.1 Å². The number of carbonyl (C=O) groups excluding carboxylic acids is 1. The van der Waals surface area contributed by atoms with Crippen LogP contribution < -0.4 is 10.6 Å². The van der Waals surface area contributed by atoms with E-state index in [1.807, 2.05) is 30.3 Å². The number of carbonyl (C=O) groups is 1. The quantitative estimate of drug-likeness (QED) is 0.429. The first kappa shape index (κ1) is 18.5. The van der Waals surface area contributed by atoms with Crippen LogP contribution in [0, 0.1) is 0 Å². The molecule has 4 nitrogen and oxygen atoms in total. The second-order valence-corrected chi connectivity index (χ2v) is 6.87. The maximum Gasteiger partial charge on any atom is 0.225 e. The van der Waals surface area contributed by atoms with Crippen LogP contribution in [0.3, 0.4) is 0 Å². The summed E-state index contributed by atoms with van der Waals surface area (Å²) in [6, 6.07) is 9.38. The Bertz CT molecular complexity index is 424. The Morgan fingerprint density at radius 3 is 2.52 bits per heavy atom. The van der Waals surface area contributed by atoms with Crippen molar-refractivity contribution in [2.45, 2.75) is 22.8 Å². The van der Waals surface area contributed by atoms with Gasteiger partial charge >= 0.3 is 0 Å². The molecule has 118 valence electrons. The summed E-state index contributed by atoms with van der Waals surface area (Å²) in [6.45, 7) is 1.16. The average molecular weight is 354 g/mol. The van der Waals surface area contributed by atoms with Gasteiger partial charge in [-0.25, -0.2) is 0 Å². The van der Waals surface area contributed by atoms with Crippen LogP contribution >= 0.6 is 34.8 Å². The predicted molar refractivity (Wildman–Crippen MR) is 86.9 cm³/mol. The number of benzene rings is 1. The number of rotatable bonds is 8. The molecule has 1 unspecified atom stereocenters. The van der Waals surface area contributed by atoms with Crippen LogP contribution in [0.2, 0.25) is 0 Å². The summed E-state index contributed by atoms with van der Waals surface area (Å²) in [6.07, 6.45) is 0.232. The van der Waals surface area contributed by atoms with Gasteiger partial charge in [0.1, 0.15) is 6.17 Å². The standard InChI is InChI=1S/C14H19Cl3N2O2/c1-21-9-5-8-18-13(14(15,16)17)19-12(20)10-11-6-3-2-4-7-11/h2-4,6-7,13,18H,5,8-10H2,1H3,(H,19,20). The number of amides is 1. The van der Waals surface area contributed by atoms with Crippen LogP contribution in [0.5, 0.6) is 0 Å². The summed E-state index contributed by atoms with van der Waals surface area (Å²) in [7, 11) is 1.62. The molecular formula is C14H19Cl3N2O2. The van der Waals surface area contributed by atoms with Crippen molar-refractivity contribution in [3.63, 3.8) is 0 Å². The third-order valence-electron chi connectivity index (χ3n) is 2.71. The highest BCUT2D eigenvalue weighted by Gasteiger charge is 2.33. The van der Waals surface area contributed by atoms with E-state index < -0.39 is 9.96 Å². The van der Waals surface area contributed by atoms with Crippen molar-refractivity contribution >= 4 is 40.7 Å². The summed E-state index contributed by atoms with van der Waals surface area (Å²) in [5.41, 5.74) is 0.900. The van der Waals surface area contributed by atoms with Crippen molar-refractivity contribution in [1.82, 2.24) is 10.6 Å². The Morgan fingerprint density at radius 2 is 1.95 bits per heavy atom. The van der Waals surface area contributed by atoms with Crippen molar-refractivity contribution in [3.05, 3.63) is 35.9 Å². The fourth-order valence-electron chi connectivity index (χ4n) is 1.70. The van der Waals surface area contributed by atoms with Gasteiger partial charge in [0.05, 0.1) is 6.42 Å². The van der Waals surface area contributed by atoms with Gasteiger partial charge in [0.15, 0.2) is 0 Å². The molecule has 0 bridgehead atoms. The van der Waals surface area contributed by atoms with Crippen molar-refractivity contribution < 1.29 is 9.53 Å². The van der Waals surface area contributed by atoms with E-state index in [0.29, 0.717) is 13.2 Å². The molecule has 1 atom stereocenters. The van der Waals surface area contributed by atoms with Crippen molar-refractivity contribution in [3.8, 4) is 0 Å². The van der Waals surface area contributed by atoms with Gasteiger partial charge in [0.2, 0.25) is 9.70 Å². The molecule has 1 rings (SSSR count). The number of methoxy groups -OCH3 is 1. The minimum Gasteiger partial charge on any atom is -0.385 e. The van der Waals surface area contributed by atoms with Gasteiger partial charge in [0, 0.05) is 13.7 Å². The molecule has 0 spiro atoms. The first-order valence-electron chi connectivity index (χ1n) is 6.56. The molecule has 0 saturated carbocycles.